The summed E-state index contributed by atoms with van der Waals surface area (Å²) >= 11 is 1.23. The molecule has 4 atom stereocenters. The van der Waals surface area contributed by atoms with E-state index in [0.29, 0.717) is 21.8 Å². The summed E-state index contributed by atoms with van der Waals surface area (Å²) in [6.07, 6.45) is -3.18. The van der Waals surface area contributed by atoms with E-state index in [2.05, 4.69) is 24.9 Å². The monoisotopic (exact) mass is 428 g/mol. The molecule has 4 heterocycles. The number of hydrogen-bond acceptors (Lipinski definition) is 9. The number of imidazole rings is 1. The van der Waals surface area contributed by atoms with E-state index in [0.717, 1.165) is 12.4 Å². The summed E-state index contributed by atoms with van der Waals surface area (Å²) in [4.78, 5) is 19.3. The van der Waals surface area contributed by atoms with Crippen LogP contribution in [0.5, 0.6) is 0 Å². The lowest BCUT2D eigenvalue weighted by atomic mass is 10.1. The van der Waals surface area contributed by atoms with Gasteiger partial charge in [-0.25, -0.2) is 24.9 Å². The summed E-state index contributed by atoms with van der Waals surface area (Å²) in [6.45, 7) is 1.65. The van der Waals surface area contributed by atoms with E-state index in [1.807, 2.05) is 0 Å². The predicted octanol–water partition coefficient (Wildman–Crippen LogP) is 1.57. The highest BCUT2D eigenvalue weighted by Gasteiger charge is 2.42. The van der Waals surface area contributed by atoms with E-state index < -0.39 is 36.5 Å². The molecule has 154 valence electrons. The first-order chi connectivity index (χ1) is 13.8. The third-order valence-electron chi connectivity index (χ3n) is 4.41. The third-order valence-corrected chi connectivity index (χ3v) is 5.46. The zero-order chi connectivity index (χ0) is 20.8. The van der Waals surface area contributed by atoms with Crippen LogP contribution in [0.2, 0.25) is 0 Å². The minimum atomic E-state index is -4.59. The molecule has 0 aromatic carbocycles. The highest BCUT2D eigenvalue weighted by Crippen LogP contribution is 2.33. The Balaban J connectivity index is 1.54. The number of halogens is 3. The molecule has 0 radical (unpaired) electrons. The number of thioether (sulfide) groups is 1. The summed E-state index contributed by atoms with van der Waals surface area (Å²) in [5.41, 5.74) is 1.33. The molecule has 3 aromatic rings. The van der Waals surface area contributed by atoms with E-state index in [1.54, 1.807) is 6.92 Å². The second kappa shape index (κ2) is 7.48. The zero-order valence-electron chi connectivity index (χ0n) is 14.9. The summed E-state index contributed by atoms with van der Waals surface area (Å²) in [6, 6.07) is 0. The highest BCUT2D eigenvalue weighted by atomic mass is 32.2. The highest BCUT2D eigenvalue weighted by molar-refractivity contribution is 7.98. The number of alkyl halides is 3. The van der Waals surface area contributed by atoms with Crippen LogP contribution in [-0.2, 0) is 16.7 Å². The number of hydrogen-bond donors (Lipinski definition) is 2. The van der Waals surface area contributed by atoms with Gasteiger partial charge >= 0.3 is 6.18 Å². The largest absolute Gasteiger partial charge is 0.451 e. The summed E-state index contributed by atoms with van der Waals surface area (Å²) in [5, 5.41) is 20.6. The van der Waals surface area contributed by atoms with Crippen LogP contribution in [0.1, 0.15) is 24.5 Å². The maximum absolute atomic E-state index is 12.5. The van der Waals surface area contributed by atoms with Gasteiger partial charge in [0.2, 0.25) is 5.82 Å². The van der Waals surface area contributed by atoms with Crippen LogP contribution in [-0.4, -0.2) is 58.0 Å². The average Bonchev–Trinajstić information content (AvgIpc) is 3.23. The molecule has 1 fully saturated rings. The molecular weight excluding hydrogens is 413 g/mol. The lowest BCUT2D eigenvalue weighted by molar-refractivity contribution is -0.145. The first-order valence-electron chi connectivity index (χ1n) is 8.45. The Hall–Kier alpha value is -2.35. The number of nitrogens with zero attached hydrogens (tertiary/aromatic N) is 6. The van der Waals surface area contributed by atoms with Crippen molar-refractivity contribution >= 4 is 22.9 Å². The zero-order valence-corrected chi connectivity index (χ0v) is 15.7. The van der Waals surface area contributed by atoms with Gasteiger partial charge in [-0.05, 0) is 12.5 Å². The van der Waals surface area contributed by atoms with Crippen molar-refractivity contribution in [2.75, 3.05) is 0 Å². The lowest BCUT2D eigenvalue weighted by Gasteiger charge is -2.16. The van der Waals surface area contributed by atoms with Gasteiger partial charge in [-0.15, -0.1) is 0 Å². The standard InChI is InChI=1S/C16H15F3N6O3S/c1-7-10(26)11(27)14(28-7)25-6-24-9-12(25)22-5-23-13(9)29-4-8-2-20-15(21-3-8)16(17,18)19/h2-3,5-7,10-11,14,26-27H,4H2,1H3/t7-,10-,11-,14-/m1/s1. The van der Waals surface area contributed by atoms with Gasteiger partial charge < -0.3 is 14.9 Å². The van der Waals surface area contributed by atoms with Crippen molar-refractivity contribution in [1.29, 1.82) is 0 Å². The van der Waals surface area contributed by atoms with Crippen LogP contribution >= 0.6 is 11.8 Å². The number of ether oxygens (including phenoxy) is 1. The fraction of sp³-hybridized carbons (Fsp3) is 0.438. The van der Waals surface area contributed by atoms with Crippen molar-refractivity contribution in [3.8, 4) is 0 Å². The Morgan fingerprint density at radius 2 is 1.83 bits per heavy atom. The molecule has 0 spiro atoms. The minimum Gasteiger partial charge on any atom is -0.388 e. The normalized spacial score (nSPS) is 25.0. The molecular formula is C16H15F3N6O3S. The van der Waals surface area contributed by atoms with E-state index in [1.165, 1.54) is 29.0 Å². The molecule has 13 heteroatoms. The predicted molar refractivity (Wildman–Crippen MR) is 93.5 cm³/mol. The van der Waals surface area contributed by atoms with Gasteiger partial charge in [0, 0.05) is 18.1 Å². The fourth-order valence-corrected chi connectivity index (χ4v) is 3.76. The van der Waals surface area contributed by atoms with E-state index in [4.69, 9.17) is 4.74 Å². The lowest BCUT2D eigenvalue weighted by Crippen LogP contribution is -2.30. The van der Waals surface area contributed by atoms with Gasteiger partial charge in [-0.2, -0.15) is 13.2 Å². The van der Waals surface area contributed by atoms with Gasteiger partial charge in [-0.3, -0.25) is 4.57 Å². The molecule has 1 aliphatic heterocycles. The first-order valence-corrected chi connectivity index (χ1v) is 9.44. The van der Waals surface area contributed by atoms with Crippen LogP contribution in [0, 0.1) is 0 Å². The van der Waals surface area contributed by atoms with Gasteiger partial charge in [-0.1, -0.05) is 11.8 Å². The molecule has 1 aliphatic rings. The Bertz CT molecular complexity index is 1020. The maximum atomic E-state index is 12.5. The number of rotatable bonds is 4. The molecule has 0 amide bonds. The first kappa shape index (κ1) is 19.9. The molecule has 1 saturated heterocycles. The molecule has 0 saturated carbocycles. The van der Waals surface area contributed by atoms with Crippen LogP contribution in [0.3, 0.4) is 0 Å². The van der Waals surface area contributed by atoms with Crippen LogP contribution in [0.15, 0.2) is 30.1 Å². The SMILES string of the molecule is C[C@H]1O[C@@H](n2cnc3c(SCc4cnc(C(F)(F)F)nc4)ncnc32)[C@H](O)[C@@H]1O. The Morgan fingerprint density at radius 1 is 1.10 bits per heavy atom. The number of aliphatic hydroxyl groups is 2. The maximum Gasteiger partial charge on any atom is 0.451 e. The topological polar surface area (TPSA) is 119 Å². The summed E-state index contributed by atoms with van der Waals surface area (Å²) < 4.78 is 44.8. The summed E-state index contributed by atoms with van der Waals surface area (Å²) in [7, 11) is 0. The Kier molecular flexibility index (Phi) is 5.14. The van der Waals surface area contributed by atoms with Crippen LogP contribution in [0.4, 0.5) is 13.2 Å². The number of fused-ring (bicyclic) bond motifs is 1. The third kappa shape index (κ3) is 3.77. The van der Waals surface area contributed by atoms with Crippen molar-refractivity contribution in [1.82, 2.24) is 29.5 Å². The van der Waals surface area contributed by atoms with Crippen molar-refractivity contribution in [2.24, 2.45) is 0 Å². The van der Waals surface area contributed by atoms with Crippen molar-refractivity contribution in [2.45, 2.75) is 48.4 Å². The second-order valence-corrected chi connectivity index (χ2v) is 7.38. The molecule has 0 bridgehead atoms. The number of aromatic nitrogens is 6. The average molecular weight is 428 g/mol. The quantitative estimate of drug-likeness (QED) is 0.471. The molecule has 0 aliphatic carbocycles. The molecule has 4 rings (SSSR count). The summed E-state index contributed by atoms with van der Waals surface area (Å²) in [5.74, 6) is -0.920. The molecule has 3 aromatic heterocycles. The Morgan fingerprint density at radius 3 is 2.45 bits per heavy atom. The molecule has 9 nitrogen and oxygen atoms in total. The van der Waals surface area contributed by atoms with Crippen LogP contribution < -0.4 is 0 Å². The number of aliphatic hydroxyl groups excluding tert-OH is 2. The van der Waals surface area contributed by atoms with E-state index in [9.17, 15) is 23.4 Å². The van der Waals surface area contributed by atoms with Gasteiger partial charge in [0.25, 0.3) is 0 Å². The van der Waals surface area contributed by atoms with Crippen molar-refractivity contribution < 1.29 is 28.1 Å². The smallest absolute Gasteiger partial charge is 0.388 e. The molecule has 2 N–H and O–H groups in total. The fourth-order valence-electron chi connectivity index (χ4n) is 2.91. The second-order valence-electron chi connectivity index (χ2n) is 6.42. The molecule has 0 unspecified atom stereocenters. The van der Waals surface area contributed by atoms with Crippen molar-refractivity contribution in [3.05, 3.63) is 36.4 Å². The van der Waals surface area contributed by atoms with Gasteiger partial charge in [0.05, 0.1) is 12.4 Å². The van der Waals surface area contributed by atoms with Crippen molar-refractivity contribution in [3.63, 3.8) is 0 Å². The minimum absolute atomic E-state index is 0.273. The van der Waals surface area contributed by atoms with E-state index in [-0.39, 0.29) is 5.75 Å². The molecule has 29 heavy (non-hydrogen) atoms. The Labute approximate surface area is 166 Å². The van der Waals surface area contributed by atoms with Gasteiger partial charge in [0.1, 0.15) is 29.1 Å². The van der Waals surface area contributed by atoms with Gasteiger partial charge in [0.15, 0.2) is 11.9 Å². The van der Waals surface area contributed by atoms with Crippen LogP contribution in [0.25, 0.3) is 11.2 Å². The van der Waals surface area contributed by atoms with E-state index >= 15 is 0 Å².